The monoisotopic (exact) mass is 324 g/mol. The van der Waals surface area contributed by atoms with Crippen molar-refractivity contribution < 1.29 is 22.0 Å². The van der Waals surface area contributed by atoms with Gasteiger partial charge in [0.15, 0.2) is 0 Å². The smallest absolute Gasteiger partial charge is 0.206 e. The van der Waals surface area contributed by atoms with Crippen LogP contribution in [-0.4, -0.2) is 6.18 Å². The summed E-state index contributed by atoms with van der Waals surface area (Å²) in [7, 11) is 0. The second-order valence-electron chi connectivity index (χ2n) is 5.01. The topological polar surface area (TPSA) is 0 Å². The van der Waals surface area contributed by atoms with Crippen molar-refractivity contribution in [2.45, 2.75) is 25.9 Å². The number of hydrogen-bond acceptors (Lipinski definition) is 0. The van der Waals surface area contributed by atoms with Gasteiger partial charge < -0.3 is 0 Å². The Kier molecular flexibility index (Phi) is 5.05. The predicted octanol–water partition coefficient (Wildman–Crippen LogP) is 5.50. The van der Waals surface area contributed by atoms with Gasteiger partial charge in [-0.1, -0.05) is 37.5 Å². The van der Waals surface area contributed by atoms with Crippen LogP contribution in [0, 0.1) is 23.5 Å². The van der Waals surface area contributed by atoms with Crippen LogP contribution >= 0.6 is 0 Å². The average Bonchev–Trinajstić information content (AvgIpc) is 2.45. The normalized spacial score (nSPS) is 11.0. The molecule has 0 heterocycles. The Morgan fingerprint density at radius 1 is 0.957 bits per heavy atom. The summed E-state index contributed by atoms with van der Waals surface area (Å²) in [6, 6.07) is 8.12. The molecule has 0 spiro atoms. The van der Waals surface area contributed by atoms with E-state index in [0.29, 0.717) is 0 Å². The maximum absolute atomic E-state index is 14.1. The lowest BCUT2D eigenvalue weighted by Crippen LogP contribution is -2.01. The van der Waals surface area contributed by atoms with Crippen LogP contribution in [0.4, 0.5) is 22.0 Å². The predicted molar refractivity (Wildman–Crippen MR) is 78.7 cm³/mol. The molecule has 0 aliphatic heterocycles. The zero-order valence-electron chi connectivity index (χ0n) is 12.3. The summed E-state index contributed by atoms with van der Waals surface area (Å²) in [5.41, 5.74) is 0.899. The van der Waals surface area contributed by atoms with Gasteiger partial charge in [0.25, 0.3) is 0 Å². The molecule has 0 atom stereocenters. The molecule has 0 radical (unpaired) electrons. The van der Waals surface area contributed by atoms with Gasteiger partial charge in [-0.2, -0.15) is 13.2 Å². The molecule has 0 N–H and O–H groups in total. The molecule has 5 heteroatoms. The largest absolute Gasteiger partial charge is 0.458 e. The lowest BCUT2D eigenvalue weighted by Gasteiger charge is -2.07. The summed E-state index contributed by atoms with van der Waals surface area (Å²) in [6.07, 6.45) is -3.08. The molecule has 0 aromatic heterocycles. The maximum Gasteiger partial charge on any atom is 0.458 e. The molecular formula is C18H13F5. The lowest BCUT2D eigenvalue weighted by atomic mass is 10.00. The Bertz CT molecular complexity index is 763. The first-order chi connectivity index (χ1) is 10.8. The van der Waals surface area contributed by atoms with Crippen LogP contribution < -0.4 is 0 Å². The van der Waals surface area contributed by atoms with E-state index < -0.39 is 17.8 Å². The maximum atomic E-state index is 14.1. The Balaban J connectivity index is 2.35. The minimum atomic E-state index is -4.69. The van der Waals surface area contributed by atoms with E-state index in [4.69, 9.17) is 0 Å². The summed E-state index contributed by atoms with van der Waals surface area (Å²) < 4.78 is 64.0. The number of alkyl halides is 3. The first-order valence-corrected chi connectivity index (χ1v) is 6.98. The van der Waals surface area contributed by atoms with E-state index in [1.54, 1.807) is 12.0 Å². The molecule has 23 heavy (non-hydrogen) atoms. The van der Waals surface area contributed by atoms with Gasteiger partial charge in [0.1, 0.15) is 11.6 Å². The van der Waals surface area contributed by atoms with E-state index in [-0.39, 0.29) is 16.7 Å². The quantitative estimate of drug-likeness (QED) is 0.517. The first-order valence-electron chi connectivity index (χ1n) is 6.98. The Labute approximate surface area is 131 Å². The zero-order chi connectivity index (χ0) is 17.0. The summed E-state index contributed by atoms with van der Waals surface area (Å²) in [4.78, 5) is 0. The summed E-state index contributed by atoms with van der Waals surface area (Å²) in [6.45, 7) is 1.97. The van der Waals surface area contributed by atoms with Gasteiger partial charge in [-0.3, -0.25) is 0 Å². The van der Waals surface area contributed by atoms with Gasteiger partial charge in [-0.05, 0) is 35.7 Å². The number of halogens is 5. The molecule has 0 saturated carbocycles. The molecule has 0 nitrogen and oxygen atoms in total. The summed E-state index contributed by atoms with van der Waals surface area (Å²) in [5.74, 6) is 1.32. The summed E-state index contributed by atoms with van der Waals surface area (Å²) in [5, 5.41) is 0. The molecule has 2 aromatic rings. The third-order valence-corrected chi connectivity index (χ3v) is 3.19. The van der Waals surface area contributed by atoms with Crippen LogP contribution in [-0.2, 0) is 6.42 Å². The Hall–Kier alpha value is -2.35. The minimum Gasteiger partial charge on any atom is -0.206 e. The molecule has 2 rings (SSSR count). The fraction of sp³-hybridized carbons (Fsp3) is 0.222. The van der Waals surface area contributed by atoms with Gasteiger partial charge in [0.2, 0.25) is 0 Å². The fourth-order valence-corrected chi connectivity index (χ4v) is 2.16. The number of rotatable bonds is 3. The van der Waals surface area contributed by atoms with Crippen LogP contribution in [0.1, 0.15) is 24.5 Å². The van der Waals surface area contributed by atoms with Crippen molar-refractivity contribution in [1.82, 2.24) is 0 Å². The highest BCUT2D eigenvalue weighted by Crippen LogP contribution is 2.26. The highest BCUT2D eigenvalue weighted by atomic mass is 19.4. The van der Waals surface area contributed by atoms with E-state index >= 15 is 0 Å². The zero-order valence-corrected chi connectivity index (χ0v) is 12.3. The molecular weight excluding hydrogens is 311 g/mol. The van der Waals surface area contributed by atoms with Crippen LogP contribution in [0.3, 0.4) is 0 Å². The second-order valence-corrected chi connectivity index (χ2v) is 5.01. The van der Waals surface area contributed by atoms with Gasteiger partial charge >= 0.3 is 6.18 Å². The molecule has 0 amide bonds. The van der Waals surface area contributed by atoms with E-state index in [2.05, 4.69) is 0 Å². The van der Waals surface area contributed by atoms with Gasteiger partial charge in [-0.25, -0.2) is 8.78 Å². The molecule has 0 aliphatic rings. The van der Waals surface area contributed by atoms with Crippen molar-refractivity contribution in [3.63, 3.8) is 0 Å². The van der Waals surface area contributed by atoms with Crippen molar-refractivity contribution in [2.75, 3.05) is 0 Å². The molecule has 120 valence electrons. The van der Waals surface area contributed by atoms with Crippen molar-refractivity contribution >= 4 is 0 Å². The average molecular weight is 324 g/mol. The second kappa shape index (κ2) is 6.82. The van der Waals surface area contributed by atoms with Crippen LogP contribution in [0.5, 0.6) is 0 Å². The minimum absolute atomic E-state index is 0.194. The molecule has 2 aromatic carbocycles. The highest BCUT2D eigenvalue weighted by molar-refractivity contribution is 5.65. The van der Waals surface area contributed by atoms with E-state index in [9.17, 15) is 22.0 Å². The number of hydrogen-bond donors (Lipinski definition) is 0. The SMILES string of the molecule is CCCc1ccc(-c2ccc(C#CC(F)(F)F)c(F)c2)c(F)c1. The van der Waals surface area contributed by atoms with Crippen molar-refractivity contribution in [3.05, 3.63) is 59.2 Å². The third kappa shape index (κ3) is 4.56. The molecule has 0 unspecified atom stereocenters. The van der Waals surface area contributed by atoms with Crippen molar-refractivity contribution in [2.24, 2.45) is 0 Å². The Morgan fingerprint density at radius 3 is 2.26 bits per heavy atom. The van der Waals surface area contributed by atoms with Crippen LogP contribution in [0.2, 0.25) is 0 Å². The lowest BCUT2D eigenvalue weighted by molar-refractivity contribution is -0.0696. The van der Waals surface area contributed by atoms with Crippen molar-refractivity contribution in [1.29, 1.82) is 0 Å². The van der Waals surface area contributed by atoms with Crippen molar-refractivity contribution in [3.8, 4) is 23.0 Å². The number of aryl methyl sites for hydroxylation is 1. The molecule has 0 aliphatic carbocycles. The standard InChI is InChI=1S/C18H13F5/c1-2-3-12-4-7-15(17(20)10-12)14-6-5-13(16(19)11-14)8-9-18(21,22)23/h4-7,10-11H,2-3H2,1H3. The summed E-state index contributed by atoms with van der Waals surface area (Å²) >= 11 is 0. The highest BCUT2D eigenvalue weighted by Gasteiger charge is 2.23. The van der Waals surface area contributed by atoms with E-state index in [1.165, 1.54) is 18.2 Å². The van der Waals surface area contributed by atoms with Crippen LogP contribution in [0.25, 0.3) is 11.1 Å². The van der Waals surface area contributed by atoms with Crippen LogP contribution in [0.15, 0.2) is 36.4 Å². The molecule has 0 fully saturated rings. The van der Waals surface area contributed by atoms with E-state index in [0.717, 1.165) is 36.5 Å². The van der Waals surface area contributed by atoms with Gasteiger partial charge in [0, 0.05) is 11.5 Å². The van der Waals surface area contributed by atoms with E-state index in [1.807, 2.05) is 6.92 Å². The third-order valence-electron chi connectivity index (χ3n) is 3.19. The first kappa shape index (κ1) is 17.0. The molecule has 0 bridgehead atoms. The van der Waals surface area contributed by atoms with Gasteiger partial charge in [-0.15, -0.1) is 0 Å². The van der Waals surface area contributed by atoms with Gasteiger partial charge in [0.05, 0.1) is 5.56 Å². The fourth-order valence-electron chi connectivity index (χ4n) is 2.16. The Morgan fingerprint density at radius 2 is 1.70 bits per heavy atom. The molecule has 0 saturated heterocycles. The number of benzene rings is 2.